The number of quaternary nitrogens is 1. The molecule has 0 saturated carbocycles. The summed E-state index contributed by atoms with van der Waals surface area (Å²) in [7, 11) is 0. The Kier molecular flexibility index (Phi) is 5.32. The van der Waals surface area contributed by atoms with Crippen LogP contribution >= 0.6 is 15.9 Å². The molecule has 7 N–H and O–H groups in total. The van der Waals surface area contributed by atoms with Gasteiger partial charge >= 0.3 is 0 Å². The number of nitrogen functional groups attached to an aromatic ring is 1. The minimum Gasteiger partial charge on any atom is -0.398 e. The maximum atomic E-state index is 11.4. The molecule has 0 heterocycles. The maximum Gasteiger partial charge on any atom is 0.288 e. The number of anilines is 1. The van der Waals surface area contributed by atoms with E-state index in [-0.39, 0.29) is 18.5 Å². The number of carbonyl (C=O) groups is 1. The van der Waals surface area contributed by atoms with E-state index in [0.29, 0.717) is 5.69 Å². The van der Waals surface area contributed by atoms with Crippen LogP contribution in [0.25, 0.3) is 0 Å². The first-order chi connectivity index (χ1) is 10.1. The Hall–Kier alpha value is -1.89. The van der Waals surface area contributed by atoms with E-state index in [1.807, 2.05) is 53.8 Å². The summed E-state index contributed by atoms with van der Waals surface area (Å²) in [6.07, 6.45) is 0. The van der Waals surface area contributed by atoms with Gasteiger partial charge in [0, 0.05) is 21.3 Å². The van der Waals surface area contributed by atoms with E-state index < -0.39 is 0 Å². The Morgan fingerprint density at radius 1 is 1.24 bits per heavy atom. The highest BCUT2D eigenvalue weighted by Gasteiger charge is 2.21. The van der Waals surface area contributed by atoms with E-state index >= 15 is 0 Å². The minimum absolute atomic E-state index is 0.0685. The Labute approximate surface area is 131 Å². The molecule has 0 bridgehead atoms. The Bertz CT molecular complexity index is 618. The molecule has 1 unspecified atom stereocenters. The van der Waals surface area contributed by atoms with Crippen LogP contribution in [-0.2, 0) is 4.79 Å². The molecule has 2 aromatic carbocycles. The first kappa shape index (κ1) is 15.5. The highest BCUT2D eigenvalue weighted by molar-refractivity contribution is 9.10. The zero-order valence-corrected chi connectivity index (χ0v) is 13.0. The summed E-state index contributed by atoms with van der Waals surface area (Å²) >= 11 is 3.46. The zero-order chi connectivity index (χ0) is 15.2. The van der Waals surface area contributed by atoms with Gasteiger partial charge in [0.25, 0.3) is 5.91 Å². The van der Waals surface area contributed by atoms with Gasteiger partial charge in [-0.2, -0.15) is 0 Å². The van der Waals surface area contributed by atoms with Gasteiger partial charge in [0.2, 0.25) is 0 Å². The summed E-state index contributed by atoms with van der Waals surface area (Å²) in [5, 5.41) is 1.91. The predicted molar refractivity (Wildman–Crippen MR) is 86.0 cm³/mol. The molecule has 110 valence electrons. The van der Waals surface area contributed by atoms with Crippen molar-refractivity contribution in [1.82, 2.24) is 5.43 Å². The summed E-state index contributed by atoms with van der Waals surface area (Å²) in [6.45, 7) is 0.224. The molecule has 6 heteroatoms. The fourth-order valence-corrected chi connectivity index (χ4v) is 2.58. The van der Waals surface area contributed by atoms with Gasteiger partial charge in [0.15, 0.2) is 6.54 Å². The number of hydrogen-bond acceptors (Lipinski definition) is 3. The van der Waals surface area contributed by atoms with Crippen molar-refractivity contribution >= 4 is 27.5 Å². The lowest BCUT2D eigenvalue weighted by Crippen LogP contribution is -2.88. The lowest BCUT2D eigenvalue weighted by atomic mass is 9.97. The van der Waals surface area contributed by atoms with Crippen molar-refractivity contribution in [2.45, 2.75) is 6.04 Å². The minimum atomic E-state index is -0.232. The number of carbonyl (C=O) groups excluding carboxylic acids is 1. The molecule has 2 rings (SSSR count). The smallest absolute Gasteiger partial charge is 0.288 e. The molecule has 21 heavy (non-hydrogen) atoms. The van der Waals surface area contributed by atoms with Gasteiger partial charge in [0.1, 0.15) is 6.04 Å². The molecule has 0 aliphatic carbocycles. The summed E-state index contributed by atoms with van der Waals surface area (Å²) in [4.78, 5) is 11.4. The van der Waals surface area contributed by atoms with Crippen molar-refractivity contribution in [2.75, 3.05) is 12.3 Å². The predicted octanol–water partition coefficient (Wildman–Crippen LogP) is 0.674. The van der Waals surface area contributed by atoms with Crippen molar-refractivity contribution in [2.24, 2.45) is 5.84 Å². The van der Waals surface area contributed by atoms with E-state index in [0.717, 1.165) is 15.6 Å². The molecule has 2 aromatic rings. The number of amides is 1. The molecule has 0 aromatic heterocycles. The second-order valence-electron chi connectivity index (χ2n) is 4.67. The second kappa shape index (κ2) is 7.21. The molecule has 0 aliphatic rings. The SMILES string of the molecule is NNC(=O)C[NH2+]C(c1ccccc1)c1cc(Br)ccc1N. The topological polar surface area (TPSA) is 97.7 Å². The van der Waals surface area contributed by atoms with Crippen LogP contribution in [0.5, 0.6) is 0 Å². The summed E-state index contributed by atoms with van der Waals surface area (Å²) in [5.74, 6) is 4.91. The van der Waals surface area contributed by atoms with E-state index in [4.69, 9.17) is 11.6 Å². The van der Waals surface area contributed by atoms with E-state index in [1.165, 1.54) is 0 Å². The highest BCUT2D eigenvalue weighted by Crippen LogP contribution is 2.26. The van der Waals surface area contributed by atoms with Crippen LogP contribution in [0.3, 0.4) is 0 Å². The number of nitrogens with two attached hydrogens (primary N) is 3. The van der Waals surface area contributed by atoms with Crippen molar-refractivity contribution in [1.29, 1.82) is 0 Å². The van der Waals surface area contributed by atoms with E-state index in [1.54, 1.807) is 0 Å². The zero-order valence-electron chi connectivity index (χ0n) is 11.4. The lowest BCUT2D eigenvalue weighted by Gasteiger charge is -2.18. The van der Waals surface area contributed by atoms with Crippen LogP contribution < -0.4 is 22.3 Å². The number of halogens is 1. The third-order valence-corrected chi connectivity index (χ3v) is 3.74. The summed E-state index contributed by atoms with van der Waals surface area (Å²) in [6, 6.07) is 15.6. The van der Waals surface area contributed by atoms with E-state index in [2.05, 4.69) is 21.4 Å². The molecule has 0 aliphatic heterocycles. The van der Waals surface area contributed by atoms with Crippen molar-refractivity contribution in [3.8, 4) is 0 Å². The van der Waals surface area contributed by atoms with Gasteiger partial charge in [-0.05, 0) is 18.2 Å². The fourth-order valence-electron chi connectivity index (χ4n) is 2.20. The van der Waals surface area contributed by atoms with Gasteiger partial charge in [0.05, 0.1) is 0 Å². The van der Waals surface area contributed by atoms with Gasteiger partial charge in [-0.25, -0.2) is 5.84 Å². The van der Waals surface area contributed by atoms with Crippen molar-refractivity contribution < 1.29 is 10.1 Å². The van der Waals surface area contributed by atoms with Crippen LogP contribution in [0.4, 0.5) is 5.69 Å². The molecule has 5 nitrogen and oxygen atoms in total. The monoisotopic (exact) mass is 349 g/mol. The van der Waals surface area contributed by atoms with Gasteiger partial charge < -0.3 is 11.1 Å². The Morgan fingerprint density at radius 3 is 2.62 bits per heavy atom. The van der Waals surface area contributed by atoms with Crippen LogP contribution in [0.15, 0.2) is 53.0 Å². The highest BCUT2D eigenvalue weighted by atomic mass is 79.9. The molecular formula is C15H18BrN4O+. The normalized spacial score (nSPS) is 11.9. The quantitative estimate of drug-likeness (QED) is 0.276. The molecule has 1 amide bonds. The Morgan fingerprint density at radius 2 is 1.95 bits per heavy atom. The maximum absolute atomic E-state index is 11.4. The standard InChI is InChI=1S/C15H17BrN4O/c16-11-6-7-13(17)12(8-11)15(19-9-14(21)20-18)10-4-2-1-3-5-10/h1-8,15,19H,9,17-18H2,(H,20,21)/p+1. The second-order valence-corrected chi connectivity index (χ2v) is 5.58. The molecule has 0 radical (unpaired) electrons. The van der Waals surface area contributed by atoms with Crippen molar-refractivity contribution in [3.05, 3.63) is 64.1 Å². The first-order valence-corrected chi connectivity index (χ1v) is 7.33. The molecule has 0 saturated heterocycles. The number of rotatable bonds is 5. The number of hydrazine groups is 1. The van der Waals surface area contributed by atoms with Crippen LogP contribution in [-0.4, -0.2) is 12.5 Å². The summed E-state index contributed by atoms with van der Waals surface area (Å²) < 4.78 is 0.948. The molecule has 0 spiro atoms. The largest absolute Gasteiger partial charge is 0.398 e. The molecular weight excluding hydrogens is 332 g/mol. The average molecular weight is 350 g/mol. The number of benzene rings is 2. The lowest BCUT2D eigenvalue weighted by molar-refractivity contribution is -0.676. The van der Waals surface area contributed by atoms with Crippen molar-refractivity contribution in [3.63, 3.8) is 0 Å². The Balaban J connectivity index is 2.35. The average Bonchev–Trinajstić information content (AvgIpc) is 2.51. The number of hydrogen-bond donors (Lipinski definition) is 4. The van der Waals surface area contributed by atoms with E-state index in [9.17, 15) is 4.79 Å². The summed E-state index contributed by atoms with van der Waals surface area (Å²) in [5.41, 5.74) is 11.0. The third kappa shape index (κ3) is 4.04. The first-order valence-electron chi connectivity index (χ1n) is 6.54. The molecule has 0 fully saturated rings. The van der Waals surface area contributed by atoms with Gasteiger partial charge in [-0.1, -0.05) is 46.3 Å². The molecule has 1 atom stereocenters. The third-order valence-electron chi connectivity index (χ3n) is 3.24. The van der Waals surface area contributed by atoms with Gasteiger partial charge in [-0.15, -0.1) is 0 Å². The van der Waals surface area contributed by atoms with Crippen LogP contribution in [0, 0.1) is 0 Å². The number of nitrogens with one attached hydrogen (secondary N) is 1. The van der Waals surface area contributed by atoms with Crippen LogP contribution in [0.1, 0.15) is 17.2 Å². The van der Waals surface area contributed by atoms with Gasteiger partial charge in [-0.3, -0.25) is 10.2 Å². The fraction of sp³-hybridized carbons (Fsp3) is 0.133. The van der Waals surface area contributed by atoms with Crippen LogP contribution in [0.2, 0.25) is 0 Å².